The fourth-order valence-corrected chi connectivity index (χ4v) is 3.08. The maximum Gasteiger partial charge on any atom is 0.255 e. The summed E-state index contributed by atoms with van der Waals surface area (Å²) in [5.74, 6) is 3.86. The molecule has 8 heteroatoms. The average Bonchev–Trinajstić information content (AvgIpc) is 2.59. The minimum Gasteiger partial charge on any atom is -0.323 e. The van der Waals surface area contributed by atoms with Gasteiger partial charge in [-0.05, 0) is 30.3 Å². The third kappa shape index (κ3) is 3.34. The SMILES string of the molecule is NN=C(c1ccc(=O)n(-c2c(Cl)cccc2Cl)c1)c1ccc(F)cc1F. The molecule has 0 aliphatic heterocycles. The molecule has 0 unspecified atom stereocenters. The molecule has 0 radical (unpaired) electrons. The largest absolute Gasteiger partial charge is 0.323 e. The van der Waals surface area contributed by atoms with Crippen molar-refractivity contribution in [2.75, 3.05) is 0 Å². The molecule has 0 saturated heterocycles. The molecule has 132 valence electrons. The smallest absolute Gasteiger partial charge is 0.255 e. The Bertz CT molecular complexity index is 1060. The van der Waals surface area contributed by atoms with E-state index < -0.39 is 17.2 Å². The second-order valence-electron chi connectivity index (χ2n) is 5.30. The summed E-state index contributed by atoms with van der Waals surface area (Å²) in [5, 5.41) is 4.12. The van der Waals surface area contributed by atoms with Gasteiger partial charge < -0.3 is 5.84 Å². The highest BCUT2D eigenvalue weighted by atomic mass is 35.5. The van der Waals surface area contributed by atoms with E-state index in [1.165, 1.54) is 29.0 Å². The zero-order valence-corrected chi connectivity index (χ0v) is 14.6. The average molecular weight is 394 g/mol. The predicted octanol–water partition coefficient (Wildman–Crippen LogP) is 4.13. The Morgan fingerprint density at radius 2 is 1.73 bits per heavy atom. The number of nitrogens with zero attached hydrogens (tertiary/aromatic N) is 2. The number of rotatable bonds is 3. The van der Waals surface area contributed by atoms with Crippen LogP contribution in [0.4, 0.5) is 8.78 Å². The molecular formula is C18H11Cl2F2N3O. The van der Waals surface area contributed by atoms with Gasteiger partial charge in [0.05, 0.1) is 15.7 Å². The number of aromatic nitrogens is 1. The Hall–Kier alpha value is -2.70. The topological polar surface area (TPSA) is 60.4 Å². The molecule has 1 heterocycles. The summed E-state index contributed by atoms with van der Waals surface area (Å²) >= 11 is 12.3. The summed E-state index contributed by atoms with van der Waals surface area (Å²) < 4.78 is 28.5. The third-order valence-electron chi connectivity index (χ3n) is 3.68. The van der Waals surface area contributed by atoms with Gasteiger partial charge in [-0.2, -0.15) is 5.10 Å². The van der Waals surface area contributed by atoms with Gasteiger partial charge in [0.15, 0.2) is 0 Å². The second-order valence-corrected chi connectivity index (χ2v) is 6.11. The maximum absolute atomic E-state index is 14.1. The van der Waals surface area contributed by atoms with E-state index in [2.05, 4.69) is 5.10 Å². The van der Waals surface area contributed by atoms with Crippen LogP contribution in [0.2, 0.25) is 10.0 Å². The predicted molar refractivity (Wildman–Crippen MR) is 98.2 cm³/mol. The van der Waals surface area contributed by atoms with Gasteiger partial charge in [0.2, 0.25) is 0 Å². The standard InChI is InChI=1S/C18H11Cl2F2N3O/c19-13-2-1-3-14(20)18(13)25-9-10(4-7-16(25)26)17(24-23)12-6-5-11(21)8-15(12)22/h1-9H,23H2. The normalized spacial score (nSPS) is 11.6. The number of benzene rings is 2. The highest BCUT2D eigenvalue weighted by molar-refractivity contribution is 6.37. The molecule has 3 aromatic rings. The lowest BCUT2D eigenvalue weighted by atomic mass is 10.0. The summed E-state index contributed by atoms with van der Waals surface area (Å²) in [4.78, 5) is 12.3. The molecule has 0 aliphatic carbocycles. The number of halogens is 4. The number of hydrogen-bond donors (Lipinski definition) is 1. The highest BCUT2D eigenvalue weighted by Gasteiger charge is 2.16. The van der Waals surface area contributed by atoms with Crippen LogP contribution in [0.5, 0.6) is 0 Å². The van der Waals surface area contributed by atoms with E-state index >= 15 is 0 Å². The zero-order valence-electron chi connectivity index (χ0n) is 13.1. The highest BCUT2D eigenvalue weighted by Crippen LogP contribution is 2.27. The molecule has 2 aromatic carbocycles. The van der Waals surface area contributed by atoms with Crippen molar-refractivity contribution in [1.82, 2.24) is 4.57 Å². The van der Waals surface area contributed by atoms with Crippen LogP contribution in [0.3, 0.4) is 0 Å². The molecule has 4 nitrogen and oxygen atoms in total. The van der Waals surface area contributed by atoms with Gasteiger partial charge >= 0.3 is 0 Å². The molecular weight excluding hydrogens is 383 g/mol. The van der Waals surface area contributed by atoms with E-state index in [1.54, 1.807) is 18.2 Å². The van der Waals surface area contributed by atoms with Crippen LogP contribution < -0.4 is 11.4 Å². The lowest BCUT2D eigenvalue weighted by Crippen LogP contribution is -2.20. The van der Waals surface area contributed by atoms with Gasteiger partial charge in [0.1, 0.15) is 17.3 Å². The number of para-hydroxylation sites is 1. The number of hydrazone groups is 1. The molecule has 0 saturated carbocycles. The van der Waals surface area contributed by atoms with Crippen molar-refractivity contribution in [1.29, 1.82) is 0 Å². The Morgan fingerprint density at radius 1 is 1.04 bits per heavy atom. The van der Waals surface area contributed by atoms with E-state index in [0.29, 0.717) is 5.56 Å². The van der Waals surface area contributed by atoms with E-state index in [0.717, 1.165) is 12.1 Å². The van der Waals surface area contributed by atoms with Crippen LogP contribution in [0.25, 0.3) is 5.69 Å². The molecule has 1 aromatic heterocycles. The first kappa shape index (κ1) is 18.1. The molecule has 0 amide bonds. The monoisotopic (exact) mass is 393 g/mol. The van der Waals surface area contributed by atoms with Gasteiger partial charge in [-0.15, -0.1) is 0 Å². The molecule has 0 aliphatic rings. The summed E-state index contributed by atoms with van der Waals surface area (Å²) in [5.41, 5.74) is 0.232. The van der Waals surface area contributed by atoms with E-state index in [4.69, 9.17) is 29.0 Å². The number of hydrogen-bond acceptors (Lipinski definition) is 3. The number of nitrogens with two attached hydrogens (primary N) is 1. The lowest BCUT2D eigenvalue weighted by Gasteiger charge is -2.13. The molecule has 0 fully saturated rings. The maximum atomic E-state index is 14.1. The minimum atomic E-state index is -0.831. The zero-order chi connectivity index (χ0) is 18.8. The van der Waals surface area contributed by atoms with Crippen LogP contribution >= 0.6 is 23.2 Å². The Morgan fingerprint density at radius 3 is 2.35 bits per heavy atom. The van der Waals surface area contributed by atoms with Crippen LogP contribution in [-0.2, 0) is 0 Å². The van der Waals surface area contributed by atoms with Crippen molar-refractivity contribution in [2.24, 2.45) is 10.9 Å². The van der Waals surface area contributed by atoms with Crippen LogP contribution in [0, 0.1) is 11.6 Å². The van der Waals surface area contributed by atoms with Gasteiger partial charge in [0, 0.05) is 29.5 Å². The Balaban J connectivity index is 2.20. The van der Waals surface area contributed by atoms with E-state index in [1.807, 2.05) is 0 Å². The van der Waals surface area contributed by atoms with Gasteiger partial charge in [-0.1, -0.05) is 29.3 Å². The third-order valence-corrected chi connectivity index (χ3v) is 4.29. The van der Waals surface area contributed by atoms with Gasteiger partial charge in [-0.3, -0.25) is 9.36 Å². The molecule has 0 bridgehead atoms. The van der Waals surface area contributed by atoms with Crippen LogP contribution in [-0.4, -0.2) is 10.3 Å². The molecule has 0 atom stereocenters. The first-order valence-corrected chi connectivity index (χ1v) is 8.08. The fraction of sp³-hybridized carbons (Fsp3) is 0. The van der Waals surface area contributed by atoms with Crippen molar-refractivity contribution in [3.8, 4) is 5.69 Å². The molecule has 3 rings (SSSR count). The quantitative estimate of drug-likeness (QED) is 0.413. The van der Waals surface area contributed by atoms with Crippen molar-refractivity contribution in [3.63, 3.8) is 0 Å². The summed E-state index contributed by atoms with van der Waals surface area (Å²) in [6, 6.07) is 10.5. The summed E-state index contributed by atoms with van der Waals surface area (Å²) in [6.45, 7) is 0. The Kier molecular flexibility index (Phi) is 5.06. The van der Waals surface area contributed by atoms with Crippen molar-refractivity contribution in [2.45, 2.75) is 0 Å². The van der Waals surface area contributed by atoms with Crippen molar-refractivity contribution in [3.05, 3.63) is 97.9 Å². The first-order chi connectivity index (χ1) is 12.4. The van der Waals surface area contributed by atoms with Crippen LogP contribution in [0.15, 0.2) is 64.6 Å². The molecule has 2 N–H and O–H groups in total. The summed E-state index contributed by atoms with van der Waals surface area (Å²) in [7, 11) is 0. The van der Waals surface area contributed by atoms with E-state index in [-0.39, 0.29) is 27.0 Å². The lowest BCUT2D eigenvalue weighted by molar-refractivity contribution is 0.581. The molecule has 0 spiro atoms. The van der Waals surface area contributed by atoms with Gasteiger partial charge in [-0.25, -0.2) is 8.78 Å². The number of pyridine rings is 1. The fourth-order valence-electron chi connectivity index (χ4n) is 2.50. The van der Waals surface area contributed by atoms with Crippen molar-refractivity contribution < 1.29 is 8.78 Å². The molecule has 26 heavy (non-hydrogen) atoms. The van der Waals surface area contributed by atoms with Crippen molar-refractivity contribution >= 4 is 28.9 Å². The Labute approximate surface area is 157 Å². The van der Waals surface area contributed by atoms with Gasteiger partial charge in [0.25, 0.3) is 5.56 Å². The van der Waals surface area contributed by atoms with E-state index in [9.17, 15) is 13.6 Å². The van der Waals surface area contributed by atoms with Crippen LogP contribution in [0.1, 0.15) is 11.1 Å². The summed E-state index contributed by atoms with van der Waals surface area (Å²) in [6.07, 6.45) is 1.39. The second kappa shape index (κ2) is 7.27. The minimum absolute atomic E-state index is 0.00986. The first-order valence-electron chi connectivity index (χ1n) is 7.33.